The summed E-state index contributed by atoms with van der Waals surface area (Å²) in [5, 5.41) is 2.92. The normalized spacial score (nSPS) is 13.9. The van der Waals surface area contributed by atoms with Gasteiger partial charge in [-0.1, -0.05) is 0 Å². The van der Waals surface area contributed by atoms with Gasteiger partial charge < -0.3 is 14.8 Å². The van der Waals surface area contributed by atoms with Gasteiger partial charge in [-0.25, -0.2) is 8.42 Å². The molecule has 0 saturated heterocycles. The first-order valence-corrected chi connectivity index (χ1v) is 7.06. The molecule has 2 rings (SSSR count). The predicted octanol–water partition coefficient (Wildman–Crippen LogP) is 0.799. The Morgan fingerprint density at radius 3 is 2.82 bits per heavy atom. The van der Waals surface area contributed by atoms with E-state index in [1.165, 1.54) is 6.07 Å². The third-order valence-electron chi connectivity index (χ3n) is 2.54. The molecule has 0 radical (unpaired) electrons. The zero-order valence-corrected chi connectivity index (χ0v) is 10.4. The van der Waals surface area contributed by atoms with Crippen LogP contribution in [0.3, 0.4) is 0 Å². The Kier molecular flexibility index (Phi) is 3.54. The summed E-state index contributed by atoms with van der Waals surface area (Å²) in [6, 6.07) is 4.71. The Morgan fingerprint density at radius 1 is 1.29 bits per heavy atom. The van der Waals surface area contributed by atoms with Gasteiger partial charge in [0.2, 0.25) is 6.79 Å². The van der Waals surface area contributed by atoms with Crippen molar-refractivity contribution in [1.29, 1.82) is 0 Å². The monoisotopic (exact) mass is 257 g/mol. The van der Waals surface area contributed by atoms with Gasteiger partial charge in [0.1, 0.15) is 0 Å². The molecule has 17 heavy (non-hydrogen) atoms. The molecule has 1 aliphatic rings. The molecule has 94 valence electrons. The molecule has 0 amide bonds. The molecule has 0 saturated carbocycles. The predicted molar refractivity (Wildman–Crippen MR) is 63.2 cm³/mol. The summed E-state index contributed by atoms with van der Waals surface area (Å²) in [4.78, 5) is 0.290. The molecule has 0 unspecified atom stereocenters. The molecule has 0 atom stereocenters. The van der Waals surface area contributed by atoms with Crippen LogP contribution in [0, 0.1) is 0 Å². The molecule has 1 aromatic rings. The molecule has 0 aliphatic carbocycles. The van der Waals surface area contributed by atoms with E-state index in [0.29, 0.717) is 24.5 Å². The number of hydrogen-bond donors (Lipinski definition) is 1. The van der Waals surface area contributed by atoms with E-state index in [4.69, 9.17) is 9.47 Å². The molecular weight excluding hydrogens is 242 g/mol. The van der Waals surface area contributed by atoms with Gasteiger partial charge in [0.25, 0.3) is 0 Å². The van der Waals surface area contributed by atoms with Gasteiger partial charge in [0.15, 0.2) is 21.3 Å². The van der Waals surface area contributed by atoms with Crippen LogP contribution in [0.1, 0.15) is 6.42 Å². The van der Waals surface area contributed by atoms with Gasteiger partial charge in [-0.2, -0.15) is 0 Å². The van der Waals surface area contributed by atoms with Crippen molar-refractivity contribution in [3.63, 3.8) is 0 Å². The highest BCUT2D eigenvalue weighted by Crippen LogP contribution is 2.34. The first-order chi connectivity index (χ1) is 8.13. The lowest BCUT2D eigenvalue weighted by molar-refractivity contribution is 0.174. The molecule has 0 spiro atoms. The van der Waals surface area contributed by atoms with Gasteiger partial charge >= 0.3 is 0 Å². The maximum atomic E-state index is 12.0. The molecule has 1 aliphatic heterocycles. The first kappa shape index (κ1) is 12.2. The van der Waals surface area contributed by atoms with E-state index in [1.54, 1.807) is 19.2 Å². The van der Waals surface area contributed by atoms with E-state index in [-0.39, 0.29) is 17.4 Å². The summed E-state index contributed by atoms with van der Waals surface area (Å²) in [5.41, 5.74) is 0. The van der Waals surface area contributed by atoms with Crippen LogP contribution in [0.2, 0.25) is 0 Å². The lowest BCUT2D eigenvalue weighted by Crippen LogP contribution is -2.14. The van der Waals surface area contributed by atoms with Crippen LogP contribution in [-0.2, 0) is 9.84 Å². The van der Waals surface area contributed by atoms with E-state index in [9.17, 15) is 8.42 Å². The van der Waals surface area contributed by atoms with Crippen LogP contribution in [0.25, 0.3) is 0 Å². The molecule has 1 aromatic carbocycles. The van der Waals surface area contributed by atoms with E-state index in [0.717, 1.165) is 0 Å². The zero-order chi connectivity index (χ0) is 12.3. The van der Waals surface area contributed by atoms with Gasteiger partial charge in [0, 0.05) is 6.07 Å². The quantitative estimate of drug-likeness (QED) is 0.790. The minimum Gasteiger partial charge on any atom is -0.454 e. The number of benzene rings is 1. The van der Waals surface area contributed by atoms with Crippen molar-refractivity contribution in [3.8, 4) is 11.5 Å². The Labute approximate surface area is 101 Å². The van der Waals surface area contributed by atoms with Crippen molar-refractivity contribution >= 4 is 9.84 Å². The Hall–Kier alpha value is -1.27. The first-order valence-electron chi connectivity index (χ1n) is 5.40. The summed E-state index contributed by atoms with van der Waals surface area (Å²) >= 11 is 0. The smallest absolute Gasteiger partial charge is 0.231 e. The molecule has 5 nitrogen and oxygen atoms in total. The molecular formula is C11H15NO4S. The fourth-order valence-corrected chi connectivity index (χ4v) is 2.95. The third kappa shape index (κ3) is 2.70. The fraction of sp³-hybridized carbons (Fsp3) is 0.455. The van der Waals surface area contributed by atoms with Crippen LogP contribution in [0.4, 0.5) is 0 Å². The summed E-state index contributed by atoms with van der Waals surface area (Å²) in [5.74, 6) is 1.23. The minimum atomic E-state index is -3.23. The maximum Gasteiger partial charge on any atom is 0.231 e. The molecule has 0 aromatic heterocycles. The Balaban J connectivity index is 2.16. The number of ether oxygens (including phenoxy) is 2. The van der Waals surface area contributed by atoms with Crippen LogP contribution in [-0.4, -0.2) is 34.6 Å². The van der Waals surface area contributed by atoms with Crippen molar-refractivity contribution in [2.24, 2.45) is 0 Å². The van der Waals surface area contributed by atoms with Crippen LogP contribution >= 0.6 is 0 Å². The summed E-state index contributed by atoms with van der Waals surface area (Å²) in [6.07, 6.45) is 0.591. The molecule has 0 bridgehead atoms. The van der Waals surface area contributed by atoms with E-state index in [2.05, 4.69) is 5.32 Å². The largest absolute Gasteiger partial charge is 0.454 e. The number of nitrogens with one attached hydrogen (secondary N) is 1. The summed E-state index contributed by atoms with van der Waals surface area (Å²) in [7, 11) is -1.43. The van der Waals surface area contributed by atoms with Crippen LogP contribution in [0.15, 0.2) is 23.1 Å². The lowest BCUT2D eigenvalue weighted by atomic mass is 10.3. The highest BCUT2D eigenvalue weighted by Gasteiger charge is 2.19. The van der Waals surface area contributed by atoms with Crippen LogP contribution < -0.4 is 14.8 Å². The minimum absolute atomic E-state index is 0.132. The number of fused-ring (bicyclic) bond motifs is 1. The van der Waals surface area contributed by atoms with E-state index in [1.807, 2.05) is 0 Å². The third-order valence-corrected chi connectivity index (χ3v) is 4.34. The zero-order valence-electron chi connectivity index (χ0n) is 9.60. The maximum absolute atomic E-state index is 12.0. The average Bonchev–Trinajstić information content (AvgIpc) is 2.76. The van der Waals surface area contributed by atoms with E-state index >= 15 is 0 Å². The lowest BCUT2D eigenvalue weighted by Gasteiger charge is -2.05. The Morgan fingerprint density at radius 2 is 2.06 bits per heavy atom. The molecule has 1 N–H and O–H groups in total. The number of rotatable bonds is 5. The highest BCUT2D eigenvalue weighted by atomic mass is 32.2. The van der Waals surface area contributed by atoms with Gasteiger partial charge in [-0.3, -0.25) is 0 Å². The van der Waals surface area contributed by atoms with Gasteiger partial charge in [-0.15, -0.1) is 0 Å². The van der Waals surface area contributed by atoms with Crippen molar-refractivity contribution in [1.82, 2.24) is 5.32 Å². The standard InChI is InChI=1S/C11H15NO4S/c1-12-5-2-6-17(13,14)9-3-4-10-11(7-9)16-8-15-10/h3-4,7,12H,2,5-6,8H2,1H3. The number of sulfone groups is 1. The van der Waals surface area contributed by atoms with Gasteiger partial charge in [-0.05, 0) is 32.1 Å². The fourth-order valence-electron chi connectivity index (χ4n) is 1.63. The average molecular weight is 257 g/mol. The van der Waals surface area contributed by atoms with Crippen molar-refractivity contribution in [3.05, 3.63) is 18.2 Å². The molecule has 0 fully saturated rings. The number of hydrogen-bond acceptors (Lipinski definition) is 5. The van der Waals surface area contributed by atoms with E-state index < -0.39 is 9.84 Å². The molecule has 6 heteroatoms. The SMILES string of the molecule is CNCCCS(=O)(=O)c1ccc2c(c1)OCO2. The van der Waals surface area contributed by atoms with Gasteiger partial charge in [0.05, 0.1) is 10.6 Å². The van der Waals surface area contributed by atoms with Crippen molar-refractivity contribution in [2.75, 3.05) is 26.1 Å². The molecule has 1 heterocycles. The second-order valence-corrected chi connectivity index (χ2v) is 5.90. The topological polar surface area (TPSA) is 64.6 Å². The van der Waals surface area contributed by atoms with Crippen molar-refractivity contribution in [2.45, 2.75) is 11.3 Å². The van der Waals surface area contributed by atoms with Crippen molar-refractivity contribution < 1.29 is 17.9 Å². The summed E-state index contributed by atoms with van der Waals surface area (Å²) in [6.45, 7) is 0.836. The second-order valence-electron chi connectivity index (χ2n) is 3.79. The van der Waals surface area contributed by atoms with Crippen LogP contribution in [0.5, 0.6) is 11.5 Å². The second kappa shape index (κ2) is 4.93. The Bertz CT molecular complexity index is 498. The summed E-state index contributed by atoms with van der Waals surface area (Å²) < 4.78 is 34.3. The highest BCUT2D eigenvalue weighted by molar-refractivity contribution is 7.91.